The second-order valence-electron chi connectivity index (χ2n) is 4.65. The Bertz CT molecular complexity index is 561. The SMILES string of the molecule is Cl.F[C@@H]1CN[C@@H](c2nc(Cc3ccc(Cl)cc3)no2)C1. The average molecular weight is 318 g/mol. The summed E-state index contributed by atoms with van der Waals surface area (Å²) in [6.07, 6.45) is 0.131. The van der Waals surface area contributed by atoms with Crippen LogP contribution in [0.15, 0.2) is 28.8 Å². The van der Waals surface area contributed by atoms with Crippen molar-refractivity contribution in [3.63, 3.8) is 0 Å². The summed E-state index contributed by atoms with van der Waals surface area (Å²) >= 11 is 5.82. The number of hydrogen-bond donors (Lipinski definition) is 1. The molecule has 1 saturated heterocycles. The molecule has 0 saturated carbocycles. The Balaban J connectivity index is 0.00000147. The van der Waals surface area contributed by atoms with Crippen LogP contribution in [0.5, 0.6) is 0 Å². The van der Waals surface area contributed by atoms with E-state index in [1.807, 2.05) is 24.3 Å². The fraction of sp³-hybridized carbons (Fsp3) is 0.385. The second kappa shape index (κ2) is 6.52. The zero-order valence-electron chi connectivity index (χ0n) is 10.6. The van der Waals surface area contributed by atoms with Crippen LogP contribution in [0.4, 0.5) is 4.39 Å². The van der Waals surface area contributed by atoms with Crippen LogP contribution in [0.1, 0.15) is 29.7 Å². The zero-order chi connectivity index (χ0) is 13.2. The molecule has 2 heterocycles. The fourth-order valence-corrected chi connectivity index (χ4v) is 2.27. The Morgan fingerprint density at radius 1 is 1.35 bits per heavy atom. The van der Waals surface area contributed by atoms with Crippen LogP contribution >= 0.6 is 24.0 Å². The van der Waals surface area contributed by atoms with Crippen molar-refractivity contribution in [3.8, 4) is 0 Å². The standard InChI is InChI=1S/C13H13ClFN3O.ClH/c14-9-3-1-8(2-4-9)5-12-17-13(19-18-12)11-6-10(15)7-16-11;/h1-4,10-11,16H,5-7H2;1H/t10-,11+;/m0./s1. The number of halogens is 3. The molecule has 0 aliphatic carbocycles. The first-order chi connectivity index (χ1) is 9.20. The number of alkyl halides is 1. The largest absolute Gasteiger partial charge is 0.338 e. The summed E-state index contributed by atoms with van der Waals surface area (Å²) in [7, 11) is 0. The Morgan fingerprint density at radius 2 is 2.10 bits per heavy atom. The van der Waals surface area contributed by atoms with Gasteiger partial charge in [0.15, 0.2) is 5.82 Å². The van der Waals surface area contributed by atoms with Crippen LogP contribution < -0.4 is 5.32 Å². The molecule has 0 unspecified atom stereocenters. The van der Waals surface area contributed by atoms with Crippen molar-refractivity contribution in [2.45, 2.75) is 25.1 Å². The minimum atomic E-state index is -0.836. The highest BCUT2D eigenvalue weighted by molar-refractivity contribution is 6.30. The molecule has 1 fully saturated rings. The van der Waals surface area contributed by atoms with Gasteiger partial charge in [-0.1, -0.05) is 28.9 Å². The predicted octanol–water partition coefficient (Wildman–Crippen LogP) is 3.11. The number of nitrogens with one attached hydrogen (secondary N) is 1. The summed E-state index contributed by atoms with van der Waals surface area (Å²) in [5.41, 5.74) is 1.06. The van der Waals surface area contributed by atoms with Gasteiger partial charge in [0.25, 0.3) is 0 Å². The lowest BCUT2D eigenvalue weighted by atomic mass is 10.1. The minimum absolute atomic E-state index is 0. The summed E-state index contributed by atoms with van der Waals surface area (Å²) in [4.78, 5) is 4.30. The molecule has 3 rings (SSSR count). The molecule has 108 valence electrons. The summed E-state index contributed by atoms with van der Waals surface area (Å²) in [5.74, 6) is 1.06. The predicted molar refractivity (Wildman–Crippen MR) is 76.1 cm³/mol. The number of benzene rings is 1. The van der Waals surface area contributed by atoms with E-state index in [1.165, 1.54) is 0 Å². The Labute approximate surface area is 127 Å². The average Bonchev–Trinajstić information content (AvgIpc) is 3.01. The van der Waals surface area contributed by atoms with Crippen molar-refractivity contribution in [3.05, 3.63) is 46.6 Å². The van der Waals surface area contributed by atoms with Crippen LogP contribution in [0.25, 0.3) is 0 Å². The van der Waals surface area contributed by atoms with E-state index in [1.54, 1.807) is 0 Å². The third kappa shape index (κ3) is 3.48. The van der Waals surface area contributed by atoms with E-state index >= 15 is 0 Å². The Morgan fingerprint density at radius 3 is 2.75 bits per heavy atom. The molecule has 0 radical (unpaired) electrons. The highest BCUT2D eigenvalue weighted by Gasteiger charge is 2.29. The molecule has 0 spiro atoms. The van der Waals surface area contributed by atoms with Gasteiger partial charge in [-0.3, -0.25) is 0 Å². The third-order valence-corrected chi connectivity index (χ3v) is 3.39. The molecule has 20 heavy (non-hydrogen) atoms. The highest BCUT2D eigenvalue weighted by Crippen LogP contribution is 2.24. The van der Waals surface area contributed by atoms with Crippen LogP contribution in [-0.2, 0) is 6.42 Å². The number of hydrogen-bond acceptors (Lipinski definition) is 4. The molecule has 2 atom stereocenters. The van der Waals surface area contributed by atoms with E-state index in [-0.39, 0.29) is 18.4 Å². The summed E-state index contributed by atoms with van der Waals surface area (Å²) in [6.45, 7) is 0.347. The van der Waals surface area contributed by atoms with Crippen molar-refractivity contribution in [2.75, 3.05) is 6.54 Å². The topological polar surface area (TPSA) is 51.0 Å². The normalized spacial score (nSPS) is 21.7. The molecule has 2 aromatic rings. The van der Waals surface area contributed by atoms with E-state index in [0.717, 1.165) is 5.56 Å². The molecule has 7 heteroatoms. The molecule has 4 nitrogen and oxygen atoms in total. The molecule has 0 bridgehead atoms. The maximum absolute atomic E-state index is 13.1. The first-order valence-corrected chi connectivity index (χ1v) is 6.53. The molecule has 1 aromatic carbocycles. The van der Waals surface area contributed by atoms with Crippen LogP contribution in [0.3, 0.4) is 0 Å². The smallest absolute Gasteiger partial charge is 0.243 e. The van der Waals surface area contributed by atoms with Crippen molar-refractivity contribution in [1.29, 1.82) is 0 Å². The quantitative estimate of drug-likeness (QED) is 0.945. The first-order valence-electron chi connectivity index (χ1n) is 6.15. The van der Waals surface area contributed by atoms with Gasteiger partial charge in [0.1, 0.15) is 6.17 Å². The van der Waals surface area contributed by atoms with Gasteiger partial charge >= 0.3 is 0 Å². The zero-order valence-corrected chi connectivity index (χ0v) is 12.1. The van der Waals surface area contributed by atoms with Crippen molar-refractivity contribution in [1.82, 2.24) is 15.5 Å². The van der Waals surface area contributed by atoms with E-state index in [0.29, 0.717) is 36.1 Å². The van der Waals surface area contributed by atoms with Crippen molar-refractivity contribution in [2.24, 2.45) is 0 Å². The van der Waals surface area contributed by atoms with Crippen LogP contribution in [0.2, 0.25) is 5.02 Å². The van der Waals surface area contributed by atoms with Gasteiger partial charge in [-0.05, 0) is 17.7 Å². The molecular weight excluding hydrogens is 304 g/mol. The summed E-state index contributed by atoms with van der Waals surface area (Å²) < 4.78 is 18.3. The van der Waals surface area contributed by atoms with Gasteiger partial charge in [0.2, 0.25) is 5.89 Å². The van der Waals surface area contributed by atoms with Gasteiger partial charge in [-0.25, -0.2) is 4.39 Å². The second-order valence-corrected chi connectivity index (χ2v) is 5.08. The van der Waals surface area contributed by atoms with Gasteiger partial charge in [0.05, 0.1) is 6.04 Å². The number of aromatic nitrogens is 2. The van der Waals surface area contributed by atoms with Gasteiger partial charge in [-0.2, -0.15) is 4.98 Å². The lowest BCUT2D eigenvalue weighted by Gasteiger charge is -2.01. The molecule has 0 amide bonds. The van der Waals surface area contributed by atoms with Gasteiger partial charge < -0.3 is 9.84 Å². The lowest BCUT2D eigenvalue weighted by molar-refractivity contribution is 0.322. The fourth-order valence-electron chi connectivity index (χ4n) is 2.15. The first kappa shape index (κ1) is 15.2. The molecule has 1 aliphatic heterocycles. The maximum Gasteiger partial charge on any atom is 0.243 e. The Hall–Kier alpha value is -1.17. The van der Waals surface area contributed by atoms with E-state index < -0.39 is 6.17 Å². The highest BCUT2D eigenvalue weighted by atomic mass is 35.5. The third-order valence-electron chi connectivity index (χ3n) is 3.13. The van der Waals surface area contributed by atoms with Crippen LogP contribution in [0, 0.1) is 0 Å². The van der Waals surface area contributed by atoms with E-state index in [4.69, 9.17) is 16.1 Å². The maximum atomic E-state index is 13.1. The minimum Gasteiger partial charge on any atom is -0.338 e. The van der Waals surface area contributed by atoms with E-state index in [2.05, 4.69) is 15.5 Å². The van der Waals surface area contributed by atoms with Crippen LogP contribution in [-0.4, -0.2) is 22.9 Å². The van der Waals surface area contributed by atoms with Crippen molar-refractivity contribution >= 4 is 24.0 Å². The Kier molecular flexibility index (Phi) is 4.96. The molecular formula is C13H14Cl2FN3O. The van der Waals surface area contributed by atoms with Crippen molar-refractivity contribution < 1.29 is 8.91 Å². The monoisotopic (exact) mass is 317 g/mol. The molecule has 1 aliphatic rings. The summed E-state index contributed by atoms with van der Waals surface area (Å²) in [5, 5.41) is 7.64. The molecule has 1 N–H and O–H groups in total. The molecule has 1 aromatic heterocycles. The summed E-state index contributed by atoms with van der Waals surface area (Å²) in [6, 6.07) is 7.32. The van der Waals surface area contributed by atoms with Gasteiger partial charge in [0, 0.05) is 24.4 Å². The number of rotatable bonds is 3. The lowest BCUT2D eigenvalue weighted by Crippen LogP contribution is -2.14. The van der Waals surface area contributed by atoms with E-state index in [9.17, 15) is 4.39 Å². The van der Waals surface area contributed by atoms with Gasteiger partial charge in [-0.15, -0.1) is 12.4 Å². The number of nitrogens with zero attached hydrogens (tertiary/aromatic N) is 2.